The molecule has 0 heterocycles. The van der Waals surface area contributed by atoms with Crippen molar-refractivity contribution in [2.75, 3.05) is 19.6 Å². The third kappa shape index (κ3) is 7.11. The van der Waals surface area contributed by atoms with Crippen LogP contribution in [0.5, 0.6) is 0 Å². The Bertz CT molecular complexity index is 901. The zero-order valence-electron chi connectivity index (χ0n) is 19.3. The smallest absolute Gasteiger partial charge is 0.414 e. The minimum Gasteiger partial charge on any atom is -0.473 e. The number of fused-ring (bicyclic) bond motifs is 1. The van der Waals surface area contributed by atoms with E-state index in [0.717, 1.165) is 62.9 Å². The molecule has 0 aliphatic heterocycles. The summed E-state index contributed by atoms with van der Waals surface area (Å²) in [7, 11) is 0. The number of carboxylic acids is 2. The van der Waals surface area contributed by atoms with E-state index in [0.29, 0.717) is 0 Å². The van der Waals surface area contributed by atoms with E-state index in [9.17, 15) is 9.50 Å². The molecular formula is C26H34FNO5. The first-order valence-electron chi connectivity index (χ1n) is 11.5. The molecular weight excluding hydrogens is 425 g/mol. The van der Waals surface area contributed by atoms with Crippen LogP contribution in [-0.2, 0) is 21.6 Å². The molecule has 0 bridgehead atoms. The van der Waals surface area contributed by atoms with Crippen LogP contribution in [0, 0.1) is 5.82 Å². The average Bonchev–Trinajstić information content (AvgIpc) is 2.95. The van der Waals surface area contributed by atoms with E-state index in [1.165, 1.54) is 17.7 Å². The number of nitrogens with zero attached hydrogens (tertiary/aromatic N) is 1. The molecule has 2 aromatic carbocycles. The first-order chi connectivity index (χ1) is 15.7. The van der Waals surface area contributed by atoms with Crippen LogP contribution in [0.15, 0.2) is 48.5 Å². The Morgan fingerprint density at radius 1 is 1.03 bits per heavy atom. The molecule has 7 heteroatoms. The van der Waals surface area contributed by atoms with Crippen LogP contribution in [0.2, 0.25) is 0 Å². The standard InChI is InChI=1S/C24H32FNO.C2H2O4/c1-3-26(4-2)18-8-17-24(27)22-11-6-5-9-19(22)10-7-12-23(24)20-13-15-21(25)16-14-20;3-1(4)2(5)6/h5-6,9,11,13-16,23,27H,3-4,7-8,10,12,17-18H2,1-2H3;(H,3,4)(H,5,6)/t23-,24-;/m0./s1. The van der Waals surface area contributed by atoms with Gasteiger partial charge in [-0.3, -0.25) is 0 Å². The van der Waals surface area contributed by atoms with E-state index >= 15 is 0 Å². The second-order valence-corrected chi connectivity index (χ2v) is 8.32. The maximum atomic E-state index is 13.5. The Morgan fingerprint density at radius 2 is 1.64 bits per heavy atom. The Labute approximate surface area is 194 Å². The highest BCUT2D eigenvalue weighted by Gasteiger charge is 2.41. The van der Waals surface area contributed by atoms with Crippen molar-refractivity contribution < 1.29 is 29.3 Å². The van der Waals surface area contributed by atoms with Crippen LogP contribution < -0.4 is 0 Å². The molecule has 0 aromatic heterocycles. The van der Waals surface area contributed by atoms with Crippen LogP contribution in [0.4, 0.5) is 4.39 Å². The number of aliphatic hydroxyl groups is 1. The van der Waals surface area contributed by atoms with E-state index in [1.54, 1.807) is 0 Å². The predicted molar refractivity (Wildman–Crippen MR) is 125 cm³/mol. The Kier molecular flexibility index (Phi) is 10.0. The van der Waals surface area contributed by atoms with Gasteiger partial charge in [-0.25, -0.2) is 14.0 Å². The number of carboxylic acid groups (broad SMARTS) is 2. The van der Waals surface area contributed by atoms with Gasteiger partial charge >= 0.3 is 11.9 Å². The van der Waals surface area contributed by atoms with Crippen molar-refractivity contribution in [1.29, 1.82) is 0 Å². The first-order valence-corrected chi connectivity index (χ1v) is 11.5. The summed E-state index contributed by atoms with van der Waals surface area (Å²) in [6.45, 7) is 7.42. The van der Waals surface area contributed by atoms with Crippen molar-refractivity contribution in [2.45, 2.75) is 57.5 Å². The Balaban J connectivity index is 0.000000569. The van der Waals surface area contributed by atoms with Crippen LogP contribution in [0.1, 0.15) is 62.1 Å². The van der Waals surface area contributed by atoms with Gasteiger partial charge in [-0.2, -0.15) is 0 Å². The molecule has 1 aliphatic carbocycles. The molecule has 0 fully saturated rings. The maximum Gasteiger partial charge on any atom is 0.414 e. The zero-order chi connectivity index (χ0) is 24.4. The third-order valence-corrected chi connectivity index (χ3v) is 6.38. The molecule has 180 valence electrons. The van der Waals surface area contributed by atoms with E-state index in [2.05, 4.69) is 36.9 Å². The first kappa shape index (κ1) is 26.5. The molecule has 0 unspecified atom stereocenters. The monoisotopic (exact) mass is 459 g/mol. The number of aryl methyl sites for hydroxylation is 1. The molecule has 6 nitrogen and oxygen atoms in total. The number of rotatable bonds is 7. The third-order valence-electron chi connectivity index (χ3n) is 6.38. The van der Waals surface area contributed by atoms with Gasteiger partial charge < -0.3 is 20.2 Å². The number of benzene rings is 2. The fraction of sp³-hybridized carbons (Fsp3) is 0.462. The highest BCUT2D eigenvalue weighted by Crippen LogP contribution is 2.47. The quantitative estimate of drug-likeness (QED) is 0.419. The van der Waals surface area contributed by atoms with Gasteiger partial charge in [0, 0.05) is 5.92 Å². The molecule has 3 N–H and O–H groups in total. The fourth-order valence-corrected chi connectivity index (χ4v) is 4.64. The van der Waals surface area contributed by atoms with Crippen LogP contribution >= 0.6 is 0 Å². The lowest BCUT2D eigenvalue weighted by atomic mass is 9.73. The number of hydrogen-bond donors (Lipinski definition) is 3. The minimum absolute atomic E-state index is 0.00143. The van der Waals surface area contributed by atoms with Gasteiger partial charge in [-0.15, -0.1) is 0 Å². The van der Waals surface area contributed by atoms with Crippen molar-refractivity contribution in [1.82, 2.24) is 4.90 Å². The summed E-state index contributed by atoms with van der Waals surface area (Å²) in [4.78, 5) is 20.6. The van der Waals surface area contributed by atoms with Crippen molar-refractivity contribution in [3.8, 4) is 0 Å². The normalized spacial score (nSPS) is 19.7. The van der Waals surface area contributed by atoms with Gasteiger partial charge in [-0.05, 0) is 80.6 Å². The summed E-state index contributed by atoms with van der Waals surface area (Å²) in [6, 6.07) is 15.1. The van der Waals surface area contributed by atoms with Gasteiger partial charge in [-0.1, -0.05) is 50.2 Å². The zero-order valence-corrected chi connectivity index (χ0v) is 19.3. The second-order valence-electron chi connectivity index (χ2n) is 8.32. The molecule has 0 spiro atoms. The van der Waals surface area contributed by atoms with Gasteiger partial charge in [0.2, 0.25) is 0 Å². The molecule has 0 radical (unpaired) electrons. The van der Waals surface area contributed by atoms with Gasteiger partial charge in [0.15, 0.2) is 0 Å². The molecule has 2 aromatic rings. The van der Waals surface area contributed by atoms with Crippen LogP contribution in [0.25, 0.3) is 0 Å². The fourth-order valence-electron chi connectivity index (χ4n) is 4.64. The lowest BCUT2D eigenvalue weighted by Crippen LogP contribution is -2.35. The molecule has 3 rings (SSSR count). The maximum absolute atomic E-state index is 13.5. The number of halogens is 1. The van der Waals surface area contributed by atoms with E-state index < -0.39 is 17.5 Å². The van der Waals surface area contributed by atoms with E-state index in [4.69, 9.17) is 19.8 Å². The largest absolute Gasteiger partial charge is 0.473 e. The topological polar surface area (TPSA) is 98.1 Å². The number of aliphatic carboxylic acids is 2. The van der Waals surface area contributed by atoms with Gasteiger partial charge in [0.05, 0.1) is 5.60 Å². The van der Waals surface area contributed by atoms with Crippen molar-refractivity contribution in [3.63, 3.8) is 0 Å². The summed E-state index contributed by atoms with van der Waals surface area (Å²) in [5.74, 6) is -3.87. The second kappa shape index (κ2) is 12.5. The SMILES string of the molecule is CCN(CC)CCC[C@]1(O)c2ccccc2CCC[C@H]1c1ccc(F)cc1.O=C(O)C(=O)O. The summed E-state index contributed by atoms with van der Waals surface area (Å²) in [5, 5.41) is 26.8. The van der Waals surface area contributed by atoms with E-state index in [-0.39, 0.29) is 11.7 Å². The minimum atomic E-state index is -1.82. The number of carbonyl (C=O) groups is 2. The van der Waals surface area contributed by atoms with Crippen molar-refractivity contribution in [2.24, 2.45) is 0 Å². The highest BCUT2D eigenvalue weighted by molar-refractivity contribution is 6.27. The van der Waals surface area contributed by atoms with Gasteiger partial charge in [0.1, 0.15) is 5.82 Å². The lowest BCUT2D eigenvalue weighted by Gasteiger charge is -2.37. The van der Waals surface area contributed by atoms with Gasteiger partial charge in [0.25, 0.3) is 0 Å². The summed E-state index contributed by atoms with van der Waals surface area (Å²) >= 11 is 0. The average molecular weight is 460 g/mol. The van der Waals surface area contributed by atoms with Crippen molar-refractivity contribution in [3.05, 3.63) is 71.0 Å². The predicted octanol–water partition coefficient (Wildman–Crippen LogP) is 4.41. The molecule has 0 saturated heterocycles. The van der Waals surface area contributed by atoms with Crippen LogP contribution in [-0.4, -0.2) is 51.8 Å². The highest BCUT2D eigenvalue weighted by atomic mass is 19.1. The Morgan fingerprint density at radius 3 is 2.21 bits per heavy atom. The van der Waals surface area contributed by atoms with Crippen LogP contribution in [0.3, 0.4) is 0 Å². The van der Waals surface area contributed by atoms with E-state index in [1.807, 2.05) is 18.2 Å². The summed E-state index contributed by atoms with van der Waals surface area (Å²) in [5.41, 5.74) is 2.46. The molecule has 0 saturated carbocycles. The lowest BCUT2D eigenvalue weighted by molar-refractivity contribution is -0.159. The molecule has 2 atom stereocenters. The molecule has 33 heavy (non-hydrogen) atoms. The number of hydrogen-bond acceptors (Lipinski definition) is 4. The Hall–Kier alpha value is -2.77. The molecule has 0 amide bonds. The van der Waals surface area contributed by atoms with Crippen molar-refractivity contribution >= 4 is 11.9 Å². The summed E-state index contributed by atoms with van der Waals surface area (Å²) < 4.78 is 13.5. The summed E-state index contributed by atoms with van der Waals surface area (Å²) in [6.07, 6.45) is 4.62. The molecule has 1 aliphatic rings.